The van der Waals surface area contributed by atoms with Gasteiger partial charge in [-0.2, -0.15) is 4.98 Å². The summed E-state index contributed by atoms with van der Waals surface area (Å²) in [6.07, 6.45) is 0. The quantitative estimate of drug-likeness (QED) is 0.571. The van der Waals surface area contributed by atoms with E-state index >= 15 is 0 Å². The van der Waals surface area contributed by atoms with Gasteiger partial charge < -0.3 is 0 Å². The minimum Gasteiger partial charge on any atom is -0.192 e. The third kappa shape index (κ3) is 3.19. The van der Waals surface area contributed by atoms with E-state index in [1.807, 2.05) is 12.1 Å². The topological polar surface area (TPSA) is 12.9 Å². The molecule has 88 valence electrons. The molecule has 0 radical (unpaired) electrons. The SMILES string of the molecule is Cc1cc(C)c([I+]c2cccc(Cl)n2)c(C)c1. The number of benzene rings is 1. The molecule has 1 aromatic carbocycles. The first kappa shape index (κ1) is 12.8. The van der Waals surface area contributed by atoms with E-state index in [4.69, 9.17) is 11.6 Å². The van der Waals surface area contributed by atoms with E-state index in [-0.39, 0.29) is 21.2 Å². The van der Waals surface area contributed by atoms with Crippen molar-refractivity contribution in [2.24, 2.45) is 0 Å². The molecule has 0 aliphatic heterocycles. The van der Waals surface area contributed by atoms with E-state index < -0.39 is 0 Å². The van der Waals surface area contributed by atoms with E-state index in [0.29, 0.717) is 5.15 Å². The standard InChI is InChI=1S/C14H14ClIN/c1-9-7-10(2)14(11(3)8-9)16-13-6-4-5-12(15)17-13/h4-8H,1-3H3/q+1. The Hall–Kier alpha value is -0.610. The van der Waals surface area contributed by atoms with E-state index in [2.05, 4.69) is 44.0 Å². The number of hydrogen-bond acceptors (Lipinski definition) is 1. The molecule has 3 heteroatoms. The molecule has 0 saturated carbocycles. The second-order valence-electron chi connectivity index (χ2n) is 4.09. The van der Waals surface area contributed by atoms with Crippen LogP contribution in [0.5, 0.6) is 0 Å². The molecule has 2 rings (SSSR count). The molecule has 2 aromatic rings. The lowest BCUT2D eigenvalue weighted by Gasteiger charge is -2.00. The van der Waals surface area contributed by atoms with Crippen molar-refractivity contribution in [3.63, 3.8) is 0 Å². The van der Waals surface area contributed by atoms with Crippen molar-refractivity contribution in [1.82, 2.24) is 4.98 Å². The van der Waals surface area contributed by atoms with E-state index in [1.54, 1.807) is 0 Å². The molecule has 0 bridgehead atoms. The fraction of sp³-hybridized carbons (Fsp3) is 0.214. The van der Waals surface area contributed by atoms with Gasteiger partial charge in [-0.25, -0.2) is 0 Å². The number of rotatable bonds is 2. The van der Waals surface area contributed by atoms with Crippen molar-refractivity contribution in [1.29, 1.82) is 0 Å². The minimum atomic E-state index is -0.240. The zero-order valence-corrected chi connectivity index (χ0v) is 13.0. The van der Waals surface area contributed by atoms with Crippen LogP contribution in [0.3, 0.4) is 0 Å². The molecule has 17 heavy (non-hydrogen) atoms. The summed E-state index contributed by atoms with van der Waals surface area (Å²) in [4.78, 5) is 4.39. The Morgan fingerprint density at radius 3 is 2.29 bits per heavy atom. The predicted molar refractivity (Wildman–Crippen MR) is 67.3 cm³/mol. The molecule has 0 atom stereocenters. The number of pyridine rings is 1. The molecule has 0 fully saturated rings. The van der Waals surface area contributed by atoms with Crippen molar-refractivity contribution in [2.75, 3.05) is 0 Å². The molecular weight excluding hydrogens is 345 g/mol. The maximum absolute atomic E-state index is 5.92. The van der Waals surface area contributed by atoms with Gasteiger partial charge in [0.15, 0.2) is 0 Å². The maximum Gasteiger partial charge on any atom is 0.380 e. The first-order valence-corrected chi connectivity index (χ1v) is 7.95. The highest BCUT2D eigenvalue weighted by Crippen LogP contribution is 2.07. The number of halogens is 2. The van der Waals surface area contributed by atoms with Crippen LogP contribution in [0.2, 0.25) is 5.15 Å². The third-order valence-electron chi connectivity index (χ3n) is 2.45. The molecule has 0 spiro atoms. The summed E-state index contributed by atoms with van der Waals surface area (Å²) in [5, 5.41) is 0.588. The van der Waals surface area contributed by atoms with Gasteiger partial charge in [-0.3, -0.25) is 0 Å². The van der Waals surface area contributed by atoms with Crippen LogP contribution in [0.15, 0.2) is 30.3 Å². The fourth-order valence-electron chi connectivity index (χ4n) is 1.84. The highest BCUT2D eigenvalue weighted by Gasteiger charge is 2.22. The molecule has 0 saturated heterocycles. The number of aromatic nitrogens is 1. The van der Waals surface area contributed by atoms with Gasteiger partial charge in [-0.15, -0.1) is 0 Å². The lowest BCUT2D eigenvalue weighted by Crippen LogP contribution is -3.62. The third-order valence-corrected chi connectivity index (χ3v) is 6.06. The van der Waals surface area contributed by atoms with E-state index in [9.17, 15) is 0 Å². The molecule has 1 heterocycles. The average Bonchev–Trinajstić information content (AvgIpc) is 2.23. The Labute approximate surface area is 117 Å². The second-order valence-corrected chi connectivity index (χ2v) is 7.20. The predicted octanol–water partition coefficient (Wildman–Crippen LogP) is 0.789. The van der Waals surface area contributed by atoms with Gasteiger partial charge in [-0.1, -0.05) is 35.4 Å². The second kappa shape index (κ2) is 5.36. The Kier molecular flexibility index (Phi) is 4.05. The molecule has 0 aliphatic carbocycles. The highest BCUT2D eigenvalue weighted by atomic mass is 127. The minimum absolute atomic E-state index is 0.240. The maximum atomic E-state index is 5.92. The molecule has 0 N–H and O–H groups in total. The lowest BCUT2D eigenvalue weighted by molar-refractivity contribution is -0.604. The van der Waals surface area contributed by atoms with Gasteiger partial charge in [0, 0.05) is 17.2 Å². The summed E-state index contributed by atoms with van der Waals surface area (Å²) < 4.78 is 2.59. The molecule has 0 amide bonds. The van der Waals surface area contributed by atoms with Crippen molar-refractivity contribution < 1.29 is 21.2 Å². The Morgan fingerprint density at radius 2 is 1.71 bits per heavy atom. The Morgan fingerprint density at radius 1 is 1.06 bits per heavy atom. The van der Waals surface area contributed by atoms with Gasteiger partial charge in [0.05, 0.1) is 0 Å². The van der Waals surface area contributed by atoms with Crippen molar-refractivity contribution in [2.45, 2.75) is 20.8 Å². The Balaban J connectivity index is 2.36. The van der Waals surface area contributed by atoms with Crippen molar-refractivity contribution >= 4 is 11.6 Å². The number of aryl methyl sites for hydroxylation is 3. The van der Waals surface area contributed by atoms with Crippen LogP contribution in [0, 0.1) is 28.0 Å². The molecule has 1 aromatic heterocycles. The van der Waals surface area contributed by atoms with Crippen molar-refractivity contribution in [3.8, 4) is 0 Å². The van der Waals surface area contributed by atoms with Gasteiger partial charge in [0.25, 0.3) is 3.70 Å². The van der Waals surface area contributed by atoms with Crippen LogP contribution in [0.25, 0.3) is 0 Å². The summed E-state index contributed by atoms with van der Waals surface area (Å²) >= 11 is 5.68. The molecular formula is C14H14ClIN+. The fourth-order valence-corrected chi connectivity index (χ4v) is 4.63. The van der Waals surface area contributed by atoms with Crippen LogP contribution in [-0.4, -0.2) is 4.98 Å². The molecule has 0 unspecified atom stereocenters. The van der Waals surface area contributed by atoms with Crippen LogP contribution in [0.4, 0.5) is 0 Å². The first-order chi connectivity index (χ1) is 8.06. The van der Waals surface area contributed by atoms with E-state index in [1.165, 1.54) is 20.3 Å². The number of hydrogen-bond donors (Lipinski definition) is 0. The smallest absolute Gasteiger partial charge is 0.192 e. The van der Waals surface area contributed by atoms with Crippen LogP contribution < -0.4 is 21.2 Å². The first-order valence-electron chi connectivity index (χ1n) is 5.41. The molecule has 0 aliphatic rings. The van der Waals surface area contributed by atoms with Crippen LogP contribution >= 0.6 is 11.6 Å². The van der Waals surface area contributed by atoms with Gasteiger partial charge in [-0.05, 0) is 26.8 Å². The summed E-state index contributed by atoms with van der Waals surface area (Å²) in [5.41, 5.74) is 4.07. The van der Waals surface area contributed by atoms with Crippen LogP contribution in [-0.2, 0) is 0 Å². The largest absolute Gasteiger partial charge is 0.380 e. The lowest BCUT2D eigenvalue weighted by atomic mass is 10.1. The normalized spacial score (nSPS) is 10.6. The highest BCUT2D eigenvalue weighted by molar-refractivity contribution is 6.29. The average molecular weight is 359 g/mol. The Bertz CT molecular complexity index is 529. The zero-order chi connectivity index (χ0) is 12.4. The van der Waals surface area contributed by atoms with Crippen molar-refractivity contribution in [3.05, 3.63) is 59.4 Å². The summed E-state index contributed by atoms with van der Waals surface area (Å²) in [7, 11) is 0. The van der Waals surface area contributed by atoms with Gasteiger partial charge >= 0.3 is 21.2 Å². The zero-order valence-electron chi connectivity index (χ0n) is 10.1. The summed E-state index contributed by atoms with van der Waals surface area (Å²) in [5.74, 6) is 0. The molecule has 1 nitrogen and oxygen atoms in total. The van der Waals surface area contributed by atoms with Crippen LogP contribution in [0.1, 0.15) is 16.7 Å². The monoisotopic (exact) mass is 358 g/mol. The van der Waals surface area contributed by atoms with Gasteiger partial charge in [0.1, 0.15) is 5.15 Å². The summed E-state index contributed by atoms with van der Waals surface area (Å²) in [6.45, 7) is 6.50. The van der Waals surface area contributed by atoms with Gasteiger partial charge in [0.2, 0.25) is 3.57 Å². The number of nitrogens with zero attached hydrogens (tertiary/aromatic N) is 1. The van der Waals surface area contributed by atoms with E-state index in [0.717, 1.165) is 3.70 Å². The summed E-state index contributed by atoms with van der Waals surface area (Å²) in [6, 6.07) is 10.4.